The van der Waals surface area contributed by atoms with Crippen LogP contribution in [-0.4, -0.2) is 32.9 Å². The van der Waals surface area contributed by atoms with E-state index in [0.29, 0.717) is 5.25 Å². The average molecular weight is 232 g/mol. The Balaban J connectivity index is 2.63. The second-order valence-corrected chi connectivity index (χ2v) is 7.32. The van der Waals surface area contributed by atoms with Crippen LogP contribution in [0.3, 0.4) is 0 Å². The van der Waals surface area contributed by atoms with Gasteiger partial charge in [-0.2, -0.15) is 0 Å². The van der Waals surface area contributed by atoms with Crippen LogP contribution in [0.1, 0.15) is 48.0 Å². The molecule has 3 unspecified atom stereocenters. The summed E-state index contributed by atoms with van der Waals surface area (Å²) in [5, 5.41) is 10.3. The standard InChI is InChI=1S/C12H24O2S/c1-8(13)9(2)15-10-7-11(3,4)14-12(10,5)6/h8-10,13H,7H2,1-6H3. The highest BCUT2D eigenvalue weighted by Crippen LogP contribution is 2.45. The first-order valence-electron chi connectivity index (χ1n) is 5.68. The second-order valence-electron chi connectivity index (χ2n) is 5.74. The molecule has 1 N–H and O–H groups in total. The van der Waals surface area contributed by atoms with Crippen molar-refractivity contribution < 1.29 is 9.84 Å². The number of hydrogen-bond acceptors (Lipinski definition) is 3. The minimum Gasteiger partial charge on any atom is -0.392 e. The molecular formula is C12H24O2S. The lowest BCUT2D eigenvalue weighted by Crippen LogP contribution is -2.33. The predicted octanol–water partition coefficient (Wildman–Crippen LogP) is 2.84. The van der Waals surface area contributed by atoms with Gasteiger partial charge in [0.05, 0.1) is 17.3 Å². The SMILES string of the molecule is CC(O)C(C)SC1CC(C)(C)OC1(C)C. The Kier molecular flexibility index (Phi) is 3.79. The molecule has 3 atom stereocenters. The minimum atomic E-state index is -0.255. The van der Waals surface area contributed by atoms with Crippen molar-refractivity contribution in [3.63, 3.8) is 0 Å². The molecule has 0 aromatic heterocycles. The average Bonchev–Trinajstić information content (AvgIpc) is 2.18. The first-order valence-corrected chi connectivity index (χ1v) is 6.62. The fourth-order valence-electron chi connectivity index (χ4n) is 2.10. The van der Waals surface area contributed by atoms with Crippen LogP contribution in [0.2, 0.25) is 0 Å². The van der Waals surface area contributed by atoms with E-state index in [1.165, 1.54) is 0 Å². The molecule has 15 heavy (non-hydrogen) atoms. The van der Waals surface area contributed by atoms with Crippen molar-refractivity contribution in [1.82, 2.24) is 0 Å². The Labute approximate surface area is 97.8 Å². The van der Waals surface area contributed by atoms with E-state index >= 15 is 0 Å². The largest absolute Gasteiger partial charge is 0.392 e. The van der Waals surface area contributed by atoms with Gasteiger partial charge in [-0.15, -0.1) is 11.8 Å². The van der Waals surface area contributed by atoms with Gasteiger partial charge >= 0.3 is 0 Å². The van der Waals surface area contributed by atoms with E-state index in [1.807, 2.05) is 18.7 Å². The summed E-state index contributed by atoms with van der Waals surface area (Å²) in [6, 6.07) is 0. The zero-order valence-corrected chi connectivity index (χ0v) is 11.5. The molecular weight excluding hydrogens is 208 g/mol. The molecule has 0 aromatic carbocycles. The Hall–Kier alpha value is 0.270. The lowest BCUT2D eigenvalue weighted by atomic mass is 10.0. The Morgan fingerprint density at radius 1 is 1.27 bits per heavy atom. The van der Waals surface area contributed by atoms with Crippen molar-refractivity contribution in [2.24, 2.45) is 0 Å². The third-order valence-electron chi connectivity index (χ3n) is 3.05. The molecule has 1 aliphatic heterocycles. The molecule has 1 saturated heterocycles. The number of hydrogen-bond donors (Lipinski definition) is 1. The van der Waals surface area contributed by atoms with Gasteiger partial charge < -0.3 is 9.84 Å². The van der Waals surface area contributed by atoms with Gasteiger partial charge in [0.25, 0.3) is 0 Å². The van der Waals surface area contributed by atoms with Crippen molar-refractivity contribution >= 4 is 11.8 Å². The lowest BCUT2D eigenvalue weighted by Gasteiger charge is -2.29. The first kappa shape index (κ1) is 13.3. The lowest BCUT2D eigenvalue weighted by molar-refractivity contribution is -0.0632. The highest BCUT2D eigenvalue weighted by atomic mass is 32.2. The van der Waals surface area contributed by atoms with Gasteiger partial charge in [-0.3, -0.25) is 0 Å². The topological polar surface area (TPSA) is 29.5 Å². The summed E-state index contributed by atoms with van der Waals surface area (Å²) in [6.45, 7) is 12.5. The van der Waals surface area contributed by atoms with Crippen molar-refractivity contribution in [3.8, 4) is 0 Å². The summed E-state index contributed by atoms with van der Waals surface area (Å²) in [7, 11) is 0. The molecule has 0 radical (unpaired) electrons. The van der Waals surface area contributed by atoms with Crippen LogP contribution < -0.4 is 0 Å². The molecule has 0 amide bonds. The van der Waals surface area contributed by atoms with Crippen LogP contribution >= 0.6 is 11.8 Å². The van der Waals surface area contributed by atoms with Crippen LogP contribution in [0.4, 0.5) is 0 Å². The Bertz CT molecular complexity index is 224. The predicted molar refractivity (Wildman–Crippen MR) is 66.4 cm³/mol. The fraction of sp³-hybridized carbons (Fsp3) is 1.00. The van der Waals surface area contributed by atoms with Gasteiger partial charge in [-0.05, 0) is 41.0 Å². The third-order valence-corrected chi connectivity index (χ3v) is 4.94. The van der Waals surface area contributed by atoms with E-state index in [1.54, 1.807) is 0 Å². The minimum absolute atomic E-state index is 0.0282. The van der Waals surface area contributed by atoms with Gasteiger partial charge in [0.15, 0.2) is 0 Å². The summed E-state index contributed by atoms with van der Waals surface area (Å²) >= 11 is 1.85. The summed E-state index contributed by atoms with van der Waals surface area (Å²) in [5.41, 5.74) is -0.114. The maximum atomic E-state index is 9.52. The van der Waals surface area contributed by atoms with Crippen LogP contribution in [-0.2, 0) is 4.74 Å². The number of aliphatic hydroxyl groups is 1. The molecule has 1 heterocycles. The third kappa shape index (κ3) is 3.36. The molecule has 1 aliphatic rings. The Morgan fingerprint density at radius 2 is 1.80 bits per heavy atom. The van der Waals surface area contributed by atoms with Crippen LogP contribution in [0.15, 0.2) is 0 Å². The van der Waals surface area contributed by atoms with Gasteiger partial charge in [-0.25, -0.2) is 0 Å². The van der Waals surface area contributed by atoms with Crippen molar-refractivity contribution in [1.29, 1.82) is 0 Å². The van der Waals surface area contributed by atoms with Gasteiger partial charge in [0.2, 0.25) is 0 Å². The van der Waals surface area contributed by atoms with Gasteiger partial charge in [0, 0.05) is 10.5 Å². The quantitative estimate of drug-likeness (QED) is 0.811. The Morgan fingerprint density at radius 3 is 2.13 bits per heavy atom. The van der Waals surface area contributed by atoms with Crippen molar-refractivity contribution in [2.75, 3.05) is 0 Å². The number of ether oxygens (including phenoxy) is 1. The summed E-state index contributed by atoms with van der Waals surface area (Å²) < 4.78 is 6.03. The van der Waals surface area contributed by atoms with E-state index < -0.39 is 0 Å². The maximum Gasteiger partial charge on any atom is 0.0753 e. The molecule has 0 bridgehead atoms. The molecule has 2 nitrogen and oxygen atoms in total. The second kappa shape index (κ2) is 4.27. The molecule has 0 spiro atoms. The van der Waals surface area contributed by atoms with E-state index in [0.717, 1.165) is 6.42 Å². The van der Waals surface area contributed by atoms with Crippen LogP contribution in [0.25, 0.3) is 0 Å². The normalized spacial score (nSPS) is 32.6. The highest BCUT2D eigenvalue weighted by Gasteiger charge is 2.46. The molecule has 3 heteroatoms. The van der Waals surface area contributed by atoms with E-state index in [4.69, 9.17) is 4.74 Å². The summed E-state index contributed by atoms with van der Waals surface area (Å²) in [4.78, 5) is 0. The van der Waals surface area contributed by atoms with E-state index in [9.17, 15) is 5.11 Å². The summed E-state index contributed by atoms with van der Waals surface area (Å²) in [5.74, 6) is 0. The molecule has 90 valence electrons. The number of thioether (sulfide) groups is 1. The summed E-state index contributed by atoms with van der Waals surface area (Å²) in [6.07, 6.45) is 0.802. The van der Waals surface area contributed by atoms with Crippen LogP contribution in [0.5, 0.6) is 0 Å². The zero-order valence-electron chi connectivity index (χ0n) is 10.7. The maximum absolute atomic E-state index is 9.52. The smallest absolute Gasteiger partial charge is 0.0753 e. The first-order chi connectivity index (χ1) is 6.64. The number of aliphatic hydroxyl groups excluding tert-OH is 1. The fourth-order valence-corrected chi connectivity index (χ4v) is 3.72. The molecule has 0 saturated carbocycles. The monoisotopic (exact) mass is 232 g/mol. The number of rotatable bonds is 3. The molecule has 1 fully saturated rings. The van der Waals surface area contributed by atoms with Crippen molar-refractivity contribution in [2.45, 2.75) is 75.8 Å². The molecule has 0 aliphatic carbocycles. The zero-order chi connectivity index (χ0) is 11.9. The van der Waals surface area contributed by atoms with Gasteiger partial charge in [-0.1, -0.05) is 6.92 Å². The van der Waals surface area contributed by atoms with Crippen LogP contribution in [0, 0.1) is 0 Å². The molecule has 0 aromatic rings. The van der Waals surface area contributed by atoms with E-state index in [2.05, 4.69) is 34.6 Å². The highest BCUT2D eigenvalue weighted by molar-refractivity contribution is 8.00. The van der Waals surface area contributed by atoms with Crippen molar-refractivity contribution in [3.05, 3.63) is 0 Å². The van der Waals surface area contributed by atoms with Gasteiger partial charge in [0.1, 0.15) is 0 Å². The molecule has 1 rings (SSSR count). The van der Waals surface area contributed by atoms with E-state index in [-0.39, 0.29) is 22.6 Å².